The van der Waals surface area contributed by atoms with E-state index in [1.807, 2.05) is 11.3 Å². The van der Waals surface area contributed by atoms with E-state index in [4.69, 9.17) is 4.74 Å². The Morgan fingerprint density at radius 2 is 1.07 bits per heavy atom. The lowest BCUT2D eigenvalue weighted by Gasteiger charge is -2.07. The molecule has 0 unspecified atom stereocenters. The minimum Gasteiger partial charge on any atom is -1.00 e. The predicted molar refractivity (Wildman–Crippen MR) is 265 cm³/mol. The molecule has 0 amide bonds. The number of aromatic nitrogens is 1. The number of fused-ring (bicyclic) bond motifs is 2. The summed E-state index contributed by atoms with van der Waals surface area (Å²) in [5.41, 5.74) is 3.91. The van der Waals surface area contributed by atoms with Gasteiger partial charge in [-0.15, -0.1) is 0 Å². The van der Waals surface area contributed by atoms with Crippen LogP contribution in [0, 0.1) is 3.57 Å². The molecule has 1 aromatic heterocycles. The third-order valence-electron chi connectivity index (χ3n) is 12.3. The SMILES string of the molecule is CCCCCCCCCCCCCCCCCCCCCCc1cccc2c1NC(=CC=Cc1sc3cc(I)ccc3[n+]1CCCCCCCCCCCCCC)O2.[I-]. The van der Waals surface area contributed by atoms with E-state index < -0.39 is 0 Å². The number of nitrogens with one attached hydrogen (secondary N) is 1. The molecule has 59 heavy (non-hydrogen) atoms. The highest BCUT2D eigenvalue weighted by atomic mass is 127. The molecule has 6 heteroatoms. The zero-order chi connectivity index (χ0) is 40.7. The summed E-state index contributed by atoms with van der Waals surface area (Å²) < 4.78 is 11.5. The van der Waals surface area contributed by atoms with E-state index in [0.29, 0.717) is 0 Å². The van der Waals surface area contributed by atoms with Gasteiger partial charge in [0.15, 0.2) is 18.2 Å². The molecule has 0 saturated heterocycles. The maximum Gasteiger partial charge on any atom is 0.262 e. The van der Waals surface area contributed by atoms with Gasteiger partial charge in [0.25, 0.3) is 5.01 Å². The van der Waals surface area contributed by atoms with E-state index in [2.05, 4.69) is 101 Å². The van der Waals surface area contributed by atoms with Crippen LogP contribution in [0.15, 0.2) is 54.4 Å². The first-order valence-corrected chi connectivity index (χ1v) is 26.7. The maximum absolute atomic E-state index is 6.28. The van der Waals surface area contributed by atoms with Gasteiger partial charge in [-0.05, 0) is 77.8 Å². The highest BCUT2D eigenvalue weighted by Gasteiger charge is 2.20. The number of para-hydroxylation sites is 1. The van der Waals surface area contributed by atoms with Crippen molar-refractivity contribution in [3.05, 3.63) is 68.6 Å². The van der Waals surface area contributed by atoms with Crippen molar-refractivity contribution in [2.45, 2.75) is 232 Å². The largest absolute Gasteiger partial charge is 1.00 e. The van der Waals surface area contributed by atoms with Crippen LogP contribution < -0.4 is 38.6 Å². The van der Waals surface area contributed by atoms with Crippen LogP contribution in [0.2, 0.25) is 0 Å². The third kappa shape index (κ3) is 22.2. The van der Waals surface area contributed by atoms with Crippen molar-refractivity contribution in [1.29, 1.82) is 0 Å². The van der Waals surface area contributed by atoms with Gasteiger partial charge in [-0.3, -0.25) is 0 Å². The van der Waals surface area contributed by atoms with Crippen molar-refractivity contribution in [2.75, 3.05) is 5.32 Å². The summed E-state index contributed by atoms with van der Waals surface area (Å²) in [5, 5.41) is 4.92. The molecule has 0 fully saturated rings. The predicted octanol–water partition coefficient (Wildman–Crippen LogP) is 15.2. The maximum atomic E-state index is 6.28. The highest BCUT2D eigenvalue weighted by Crippen LogP contribution is 2.37. The Morgan fingerprint density at radius 3 is 1.58 bits per heavy atom. The van der Waals surface area contributed by atoms with Crippen LogP contribution in [0.3, 0.4) is 0 Å². The van der Waals surface area contributed by atoms with Crippen LogP contribution in [0.1, 0.15) is 230 Å². The number of ether oxygens (including phenoxy) is 1. The van der Waals surface area contributed by atoms with E-state index in [9.17, 15) is 0 Å². The standard InChI is InChI=1S/C53H83IN2OS.HI/c1-3-5-7-9-11-13-15-17-18-19-20-21-22-23-24-25-27-29-31-33-37-46-38-35-39-49-53(46)55-51(57-49)40-36-41-52-56(48-43-42-47(54)45-50(48)58-52)44-34-32-30-28-26-16-14-12-10-8-6-4-2;/h35-36,38-43,45H,3-34,37,44H2,1-2H3;1H. The number of aryl methyl sites for hydroxylation is 2. The molecular formula is C53H84I2N2OS. The Morgan fingerprint density at radius 1 is 0.593 bits per heavy atom. The van der Waals surface area contributed by atoms with Crippen LogP contribution in [-0.4, -0.2) is 0 Å². The molecule has 0 aliphatic carbocycles. The van der Waals surface area contributed by atoms with Gasteiger partial charge in [0.05, 0.1) is 5.69 Å². The zero-order valence-electron chi connectivity index (χ0n) is 37.8. The van der Waals surface area contributed by atoms with Crippen molar-refractivity contribution in [3.63, 3.8) is 0 Å². The second kappa shape index (κ2) is 34.4. The lowest BCUT2D eigenvalue weighted by atomic mass is 10.0. The quantitative estimate of drug-likeness (QED) is 0.0357. The molecule has 0 saturated carbocycles. The number of anilines is 1. The molecule has 3 aromatic rings. The molecule has 2 heterocycles. The van der Waals surface area contributed by atoms with Gasteiger partial charge in [0, 0.05) is 22.1 Å². The second-order valence-electron chi connectivity index (χ2n) is 17.5. The molecule has 332 valence electrons. The monoisotopic (exact) mass is 1050 g/mol. The fourth-order valence-electron chi connectivity index (χ4n) is 8.69. The molecule has 3 nitrogen and oxygen atoms in total. The molecule has 2 aromatic carbocycles. The second-order valence-corrected chi connectivity index (χ2v) is 19.8. The number of benzene rings is 2. The number of hydrogen-bond donors (Lipinski definition) is 1. The van der Waals surface area contributed by atoms with Crippen molar-refractivity contribution >= 4 is 55.9 Å². The van der Waals surface area contributed by atoms with E-state index in [-0.39, 0.29) is 24.0 Å². The number of nitrogens with zero attached hydrogens (tertiary/aromatic N) is 1. The minimum absolute atomic E-state index is 0. The van der Waals surface area contributed by atoms with E-state index >= 15 is 0 Å². The molecule has 0 bridgehead atoms. The van der Waals surface area contributed by atoms with Crippen LogP contribution in [-0.2, 0) is 13.0 Å². The first-order valence-electron chi connectivity index (χ1n) is 24.8. The molecule has 0 atom stereocenters. The normalized spacial score (nSPS) is 13.0. The zero-order valence-corrected chi connectivity index (χ0v) is 42.9. The van der Waals surface area contributed by atoms with E-state index in [0.717, 1.165) is 24.6 Å². The fourth-order valence-corrected chi connectivity index (χ4v) is 10.5. The summed E-state index contributed by atoms with van der Waals surface area (Å²) in [7, 11) is 0. The van der Waals surface area contributed by atoms with Crippen LogP contribution in [0.4, 0.5) is 5.69 Å². The number of thiazole rings is 1. The Labute approximate surface area is 398 Å². The van der Waals surface area contributed by atoms with Crippen LogP contribution >= 0.6 is 33.9 Å². The number of rotatable bonds is 36. The topological polar surface area (TPSA) is 25.1 Å². The van der Waals surface area contributed by atoms with Gasteiger partial charge in [-0.1, -0.05) is 224 Å². The van der Waals surface area contributed by atoms with Crippen LogP contribution in [0.25, 0.3) is 16.3 Å². The first-order chi connectivity index (χ1) is 28.7. The average Bonchev–Trinajstić information content (AvgIpc) is 3.81. The summed E-state index contributed by atoms with van der Waals surface area (Å²) in [6.45, 7) is 5.69. The smallest absolute Gasteiger partial charge is 0.262 e. The summed E-state index contributed by atoms with van der Waals surface area (Å²) in [5.74, 6) is 1.79. The molecule has 1 aliphatic heterocycles. The van der Waals surface area contributed by atoms with Gasteiger partial charge in [-0.2, -0.15) is 4.57 Å². The summed E-state index contributed by atoms with van der Waals surface area (Å²) >= 11 is 4.34. The van der Waals surface area contributed by atoms with Crippen molar-refractivity contribution < 1.29 is 33.3 Å². The summed E-state index contributed by atoms with van der Waals surface area (Å²) in [4.78, 5) is 0. The number of halogens is 2. The Hall–Kier alpha value is -1.13. The van der Waals surface area contributed by atoms with Crippen molar-refractivity contribution in [1.82, 2.24) is 0 Å². The third-order valence-corrected chi connectivity index (χ3v) is 14.1. The van der Waals surface area contributed by atoms with Crippen LogP contribution in [0.5, 0.6) is 5.75 Å². The number of unbranched alkanes of at least 4 members (excludes halogenated alkanes) is 30. The van der Waals surface area contributed by atoms with Crippen molar-refractivity contribution in [2.24, 2.45) is 0 Å². The van der Waals surface area contributed by atoms with E-state index in [1.54, 1.807) is 0 Å². The molecule has 4 rings (SSSR count). The minimum atomic E-state index is 0. The van der Waals surface area contributed by atoms with E-state index in [1.165, 1.54) is 236 Å². The molecule has 0 spiro atoms. The van der Waals surface area contributed by atoms with Gasteiger partial charge in [0.2, 0.25) is 5.52 Å². The fraction of sp³-hybridized carbons (Fsp3) is 0.679. The number of hydrogen-bond acceptors (Lipinski definition) is 3. The number of allylic oxidation sites excluding steroid dienone is 2. The molecule has 1 N–H and O–H groups in total. The van der Waals surface area contributed by atoms with Gasteiger partial charge < -0.3 is 34.0 Å². The molecule has 0 radical (unpaired) electrons. The lowest BCUT2D eigenvalue weighted by molar-refractivity contribution is -0.669. The Bertz CT molecular complexity index is 1560. The summed E-state index contributed by atoms with van der Waals surface area (Å²) in [6, 6.07) is 13.4. The first kappa shape index (κ1) is 52.2. The highest BCUT2D eigenvalue weighted by molar-refractivity contribution is 14.1. The van der Waals surface area contributed by atoms with Gasteiger partial charge >= 0.3 is 0 Å². The Kier molecular flexibility index (Phi) is 30.4. The molecular weight excluding hydrogens is 966 g/mol. The average molecular weight is 1050 g/mol. The summed E-state index contributed by atoms with van der Waals surface area (Å²) in [6.07, 6.45) is 52.7. The van der Waals surface area contributed by atoms with Gasteiger partial charge in [-0.25, -0.2) is 0 Å². The Balaban J connectivity index is 0.00000930. The van der Waals surface area contributed by atoms with Gasteiger partial charge in [0.1, 0.15) is 4.70 Å². The van der Waals surface area contributed by atoms with Crippen molar-refractivity contribution in [3.8, 4) is 5.75 Å². The molecule has 1 aliphatic rings. The lowest BCUT2D eigenvalue weighted by Crippen LogP contribution is -3.00.